The summed E-state index contributed by atoms with van der Waals surface area (Å²) < 4.78 is 27.5. The zero-order valence-corrected chi connectivity index (χ0v) is 9.26. The van der Waals surface area contributed by atoms with Gasteiger partial charge in [0.2, 0.25) is 0 Å². The van der Waals surface area contributed by atoms with E-state index in [2.05, 4.69) is 0 Å². The molecule has 0 aromatic carbocycles. The Morgan fingerprint density at radius 2 is 2.27 bits per heavy atom. The lowest BCUT2D eigenvalue weighted by atomic mass is 9.94. The average molecular weight is 230 g/mol. The van der Waals surface area contributed by atoms with Crippen LogP contribution in [0.2, 0.25) is 0 Å². The molecule has 1 unspecified atom stereocenters. The lowest BCUT2D eigenvalue weighted by Crippen LogP contribution is -2.20. The Morgan fingerprint density at radius 1 is 1.47 bits per heavy atom. The van der Waals surface area contributed by atoms with Crippen molar-refractivity contribution in [2.45, 2.75) is 19.3 Å². The van der Waals surface area contributed by atoms with Gasteiger partial charge < -0.3 is 4.74 Å². The molecule has 0 amide bonds. The summed E-state index contributed by atoms with van der Waals surface area (Å²) in [7, 11) is -2.97. The number of carbonyl (C=O) groups excluding carboxylic acids is 1. The van der Waals surface area contributed by atoms with Gasteiger partial charge in [-0.2, -0.15) is 0 Å². The third-order valence-corrected chi connectivity index (χ3v) is 4.62. The number of hydrogen-bond donors (Lipinski definition) is 0. The molecule has 0 aromatic heterocycles. The van der Waals surface area contributed by atoms with E-state index in [-0.39, 0.29) is 23.2 Å². The van der Waals surface area contributed by atoms with Crippen LogP contribution in [0.4, 0.5) is 0 Å². The van der Waals surface area contributed by atoms with Crippen molar-refractivity contribution in [1.82, 2.24) is 0 Å². The number of allylic oxidation sites excluding steroid dienone is 1. The van der Waals surface area contributed by atoms with Gasteiger partial charge in [-0.1, -0.05) is 0 Å². The second-order valence-electron chi connectivity index (χ2n) is 4.08. The Hall–Kier alpha value is -0.840. The molecule has 2 aliphatic rings. The summed E-state index contributed by atoms with van der Waals surface area (Å²) >= 11 is 0. The molecular weight excluding hydrogens is 216 g/mol. The second kappa shape index (κ2) is 3.96. The maximum Gasteiger partial charge on any atom is 0.166 e. The van der Waals surface area contributed by atoms with Crippen LogP contribution in [0.25, 0.3) is 0 Å². The molecule has 1 saturated heterocycles. The second-order valence-corrected chi connectivity index (χ2v) is 6.31. The third kappa shape index (κ3) is 2.40. The van der Waals surface area contributed by atoms with Gasteiger partial charge in [0.15, 0.2) is 15.6 Å². The number of hydrogen-bond acceptors (Lipinski definition) is 4. The first-order valence-corrected chi connectivity index (χ1v) is 6.96. The molecule has 0 aromatic rings. The highest BCUT2D eigenvalue weighted by Gasteiger charge is 2.34. The van der Waals surface area contributed by atoms with E-state index in [1.165, 1.54) is 6.26 Å². The molecule has 15 heavy (non-hydrogen) atoms. The topological polar surface area (TPSA) is 60.4 Å². The fourth-order valence-corrected chi connectivity index (χ4v) is 3.75. The van der Waals surface area contributed by atoms with Crippen LogP contribution in [0.5, 0.6) is 0 Å². The van der Waals surface area contributed by atoms with Gasteiger partial charge in [-0.05, 0) is 19.3 Å². The van der Waals surface area contributed by atoms with E-state index in [0.29, 0.717) is 18.6 Å². The van der Waals surface area contributed by atoms with Gasteiger partial charge >= 0.3 is 0 Å². The summed E-state index contributed by atoms with van der Waals surface area (Å²) in [6, 6.07) is 0. The van der Waals surface area contributed by atoms with Crippen LogP contribution >= 0.6 is 0 Å². The van der Waals surface area contributed by atoms with Crippen molar-refractivity contribution >= 4 is 15.6 Å². The van der Waals surface area contributed by atoms with Gasteiger partial charge in [0.05, 0.1) is 24.4 Å². The maximum atomic E-state index is 11.9. The molecule has 1 fully saturated rings. The highest BCUT2D eigenvalue weighted by molar-refractivity contribution is 7.91. The normalized spacial score (nSPS) is 29.3. The van der Waals surface area contributed by atoms with Crippen molar-refractivity contribution in [1.29, 1.82) is 0 Å². The molecule has 0 bridgehead atoms. The molecule has 0 spiro atoms. The summed E-state index contributed by atoms with van der Waals surface area (Å²) in [5, 5.41) is 0. The fraction of sp³-hybridized carbons (Fsp3) is 0.700. The van der Waals surface area contributed by atoms with Crippen molar-refractivity contribution < 1.29 is 17.9 Å². The van der Waals surface area contributed by atoms with Crippen molar-refractivity contribution in [2.24, 2.45) is 5.92 Å². The van der Waals surface area contributed by atoms with Crippen LogP contribution < -0.4 is 0 Å². The van der Waals surface area contributed by atoms with Crippen LogP contribution in [0.3, 0.4) is 0 Å². The number of sulfone groups is 1. The average Bonchev–Trinajstić information content (AvgIpc) is 2.59. The van der Waals surface area contributed by atoms with Gasteiger partial charge in [0, 0.05) is 11.5 Å². The first kappa shape index (κ1) is 10.7. The van der Waals surface area contributed by atoms with E-state index in [0.717, 1.165) is 12.8 Å². The molecule has 2 heterocycles. The Bertz CT molecular complexity index is 394. The van der Waals surface area contributed by atoms with Gasteiger partial charge in [-0.15, -0.1) is 0 Å². The molecule has 84 valence electrons. The van der Waals surface area contributed by atoms with Crippen molar-refractivity contribution in [2.75, 3.05) is 18.1 Å². The highest BCUT2D eigenvalue weighted by Crippen LogP contribution is 2.25. The molecule has 1 atom stereocenters. The minimum atomic E-state index is -2.97. The molecule has 0 saturated carbocycles. The first-order chi connectivity index (χ1) is 7.08. The summed E-state index contributed by atoms with van der Waals surface area (Å²) in [6.07, 6.45) is 3.53. The predicted octanol–water partition coefficient (Wildman–Crippen LogP) is 0.685. The van der Waals surface area contributed by atoms with Gasteiger partial charge in [0.1, 0.15) is 0 Å². The standard InChI is InChI=1S/C10H14O4S/c11-10(8-2-1-4-14-6-8)9-3-5-15(12,13)7-9/h6,9H,1-5,7H2. The van der Waals surface area contributed by atoms with Crippen LogP contribution in [0.15, 0.2) is 11.8 Å². The molecule has 0 aliphatic carbocycles. The summed E-state index contributed by atoms with van der Waals surface area (Å²) in [5.41, 5.74) is 0.656. The van der Waals surface area contributed by atoms with Crippen LogP contribution in [-0.2, 0) is 19.4 Å². The molecule has 4 nitrogen and oxygen atoms in total. The quantitative estimate of drug-likeness (QED) is 0.700. The first-order valence-electron chi connectivity index (χ1n) is 5.14. The zero-order chi connectivity index (χ0) is 10.9. The molecule has 0 N–H and O–H groups in total. The fourth-order valence-electron chi connectivity index (χ4n) is 2.01. The van der Waals surface area contributed by atoms with Crippen LogP contribution in [0.1, 0.15) is 19.3 Å². The lowest BCUT2D eigenvalue weighted by molar-refractivity contribution is -0.119. The molecular formula is C10H14O4S. The minimum absolute atomic E-state index is 0.0170. The SMILES string of the molecule is O=C(C1=COCCC1)C1CCS(=O)(=O)C1. The summed E-state index contributed by atoms with van der Waals surface area (Å²) in [6.45, 7) is 0.653. The number of ether oxygens (including phenoxy) is 1. The van der Waals surface area contributed by atoms with E-state index in [1.807, 2.05) is 0 Å². The Kier molecular flexibility index (Phi) is 2.82. The largest absolute Gasteiger partial charge is 0.501 e. The smallest absolute Gasteiger partial charge is 0.166 e. The van der Waals surface area contributed by atoms with Crippen molar-refractivity contribution in [3.8, 4) is 0 Å². The molecule has 2 aliphatic heterocycles. The van der Waals surface area contributed by atoms with Crippen molar-refractivity contribution in [3.05, 3.63) is 11.8 Å². The summed E-state index contributed by atoms with van der Waals surface area (Å²) in [4.78, 5) is 11.9. The van der Waals surface area contributed by atoms with Gasteiger partial charge in [0.25, 0.3) is 0 Å². The monoisotopic (exact) mass is 230 g/mol. The Balaban J connectivity index is 2.06. The Labute approximate surface area is 89.2 Å². The maximum absolute atomic E-state index is 11.9. The van der Waals surface area contributed by atoms with E-state index in [1.54, 1.807) is 0 Å². The zero-order valence-electron chi connectivity index (χ0n) is 8.44. The number of ketones is 1. The predicted molar refractivity (Wildman–Crippen MR) is 55.0 cm³/mol. The Morgan fingerprint density at radius 3 is 2.80 bits per heavy atom. The van der Waals surface area contributed by atoms with E-state index < -0.39 is 9.84 Å². The number of Topliss-reactive ketones (excluding diaryl/α,β-unsaturated/α-hetero) is 1. The highest BCUT2D eigenvalue weighted by atomic mass is 32.2. The molecule has 2 rings (SSSR count). The number of carbonyl (C=O) groups is 1. The van der Waals surface area contributed by atoms with Gasteiger partial charge in [-0.25, -0.2) is 8.42 Å². The minimum Gasteiger partial charge on any atom is -0.501 e. The lowest BCUT2D eigenvalue weighted by Gasteiger charge is -2.15. The van der Waals surface area contributed by atoms with E-state index in [4.69, 9.17) is 4.74 Å². The third-order valence-electron chi connectivity index (χ3n) is 2.85. The van der Waals surface area contributed by atoms with Gasteiger partial charge in [-0.3, -0.25) is 4.79 Å². The van der Waals surface area contributed by atoms with E-state index in [9.17, 15) is 13.2 Å². The summed E-state index contributed by atoms with van der Waals surface area (Å²) in [5.74, 6) is -0.195. The van der Waals surface area contributed by atoms with Crippen LogP contribution in [-0.4, -0.2) is 32.3 Å². The van der Waals surface area contributed by atoms with Crippen LogP contribution in [0, 0.1) is 5.92 Å². The molecule has 0 radical (unpaired) electrons. The number of rotatable bonds is 2. The van der Waals surface area contributed by atoms with E-state index >= 15 is 0 Å². The van der Waals surface area contributed by atoms with Crippen molar-refractivity contribution in [3.63, 3.8) is 0 Å². The molecule has 5 heteroatoms.